The zero-order valence-electron chi connectivity index (χ0n) is 5.80. The van der Waals surface area contributed by atoms with Crippen LogP contribution in [0.1, 0.15) is 25.7 Å². The largest absolute Gasteiger partial charge is 0.287 e. The Morgan fingerprint density at radius 1 is 1.60 bits per heavy atom. The fourth-order valence-corrected chi connectivity index (χ4v) is 2.74. The Balaban J connectivity index is 2.20. The van der Waals surface area contributed by atoms with Crippen LogP contribution in [0.15, 0.2) is 11.0 Å². The molecule has 2 heteroatoms. The zero-order valence-corrected chi connectivity index (χ0v) is 6.62. The summed E-state index contributed by atoms with van der Waals surface area (Å²) in [6, 6.07) is 0. The van der Waals surface area contributed by atoms with Gasteiger partial charge in [0.05, 0.1) is 0 Å². The summed E-state index contributed by atoms with van der Waals surface area (Å²) in [6.07, 6.45) is 6.75. The monoisotopic (exact) mass is 154 g/mol. The molecule has 10 heavy (non-hydrogen) atoms. The topological polar surface area (TPSA) is 17.1 Å². The van der Waals surface area contributed by atoms with E-state index < -0.39 is 0 Å². The van der Waals surface area contributed by atoms with Crippen molar-refractivity contribution in [3.05, 3.63) is 11.0 Å². The van der Waals surface area contributed by atoms with Crippen LogP contribution in [0.4, 0.5) is 0 Å². The zero-order chi connectivity index (χ0) is 6.97. The molecule has 1 saturated heterocycles. The first-order valence-electron chi connectivity index (χ1n) is 3.77. The first-order valence-corrected chi connectivity index (χ1v) is 4.58. The van der Waals surface area contributed by atoms with Gasteiger partial charge in [-0.3, -0.25) is 4.79 Å². The Morgan fingerprint density at radius 3 is 3.30 bits per heavy atom. The van der Waals surface area contributed by atoms with Crippen LogP contribution in [0.5, 0.6) is 0 Å². The molecule has 0 N–H and O–H groups in total. The van der Waals surface area contributed by atoms with E-state index in [4.69, 9.17) is 0 Å². The molecule has 1 heterocycles. The SMILES string of the molecule is O=C1CC2CCCC=C2S1. The normalized spacial score (nSPS) is 31.8. The maximum absolute atomic E-state index is 10.9. The lowest BCUT2D eigenvalue weighted by molar-refractivity contribution is -0.111. The van der Waals surface area contributed by atoms with Crippen molar-refractivity contribution in [2.24, 2.45) is 5.92 Å². The molecule has 0 radical (unpaired) electrons. The molecule has 0 saturated carbocycles. The first-order chi connectivity index (χ1) is 4.86. The van der Waals surface area contributed by atoms with E-state index in [0.717, 1.165) is 6.42 Å². The highest BCUT2D eigenvalue weighted by Crippen LogP contribution is 2.42. The third-order valence-corrected chi connectivity index (χ3v) is 3.28. The number of thioether (sulfide) groups is 1. The van der Waals surface area contributed by atoms with Crippen molar-refractivity contribution >= 4 is 16.9 Å². The lowest BCUT2D eigenvalue weighted by Gasteiger charge is -2.13. The molecule has 0 aromatic carbocycles. The summed E-state index contributed by atoms with van der Waals surface area (Å²) in [4.78, 5) is 12.3. The van der Waals surface area contributed by atoms with Gasteiger partial charge in [0.25, 0.3) is 0 Å². The molecule has 1 fully saturated rings. The van der Waals surface area contributed by atoms with Crippen molar-refractivity contribution in [2.45, 2.75) is 25.7 Å². The molecular weight excluding hydrogens is 144 g/mol. The van der Waals surface area contributed by atoms with Gasteiger partial charge in [-0.1, -0.05) is 17.8 Å². The molecule has 1 atom stereocenters. The molecule has 54 valence electrons. The van der Waals surface area contributed by atoms with Crippen molar-refractivity contribution in [1.29, 1.82) is 0 Å². The second-order valence-electron chi connectivity index (χ2n) is 2.91. The van der Waals surface area contributed by atoms with Crippen molar-refractivity contribution in [1.82, 2.24) is 0 Å². The number of fused-ring (bicyclic) bond motifs is 1. The quantitative estimate of drug-likeness (QED) is 0.532. The summed E-state index contributed by atoms with van der Waals surface area (Å²) in [5.41, 5.74) is 0. The van der Waals surface area contributed by atoms with Crippen molar-refractivity contribution in [3.63, 3.8) is 0 Å². The second-order valence-corrected chi connectivity index (χ2v) is 4.04. The standard InChI is InChI=1S/C8H10OS/c9-8-5-6-3-1-2-4-7(6)10-8/h4,6H,1-3,5H2. The third-order valence-electron chi connectivity index (χ3n) is 2.15. The van der Waals surface area contributed by atoms with Gasteiger partial charge >= 0.3 is 0 Å². The molecule has 0 aromatic heterocycles. The number of carbonyl (C=O) groups excluding carboxylic acids is 1. The molecule has 2 rings (SSSR count). The number of rotatable bonds is 0. The molecule has 0 bridgehead atoms. The third kappa shape index (κ3) is 1.01. The lowest BCUT2D eigenvalue weighted by Crippen LogP contribution is -2.00. The molecule has 1 unspecified atom stereocenters. The van der Waals surface area contributed by atoms with Crippen LogP contribution in [-0.2, 0) is 4.79 Å². The van der Waals surface area contributed by atoms with Gasteiger partial charge in [0.15, 0.2) is 5.12 Å². The lowest BCUT2D eigenvalue weighted by atomic mass is 9.94. The first kappa shape index (κ1) is 6.47. The van der Waals surface area contributed by atoms with E-state index in [1.807, 2.05) is 0 Å². The summed E-state index contributed by atoms with van der Waals surface area (Å²) in [5, 5.41) is 0.373. The molecule has 0 amide bonds. The van der Waals surface area contributed by atoms with Crippen molar-refractivity contribution in [2.75, 3.05) is 0 Å². The summed E-state index contributed by atoms with van der Waals surface area (Å²) in [6.45, 7) is 0. The molecule has 0 spiro atoms. The predicted molar refractivity (Wildman–Crippen MR) is 42.6 cm³/mol. The van der Waals surface area contributed by atoms with Crippen molar-refractivity contribution < 1.29 is 4.79 Å². The van der Waals surface area contributed by atoms with E-state index in [0.29, 0.717) is 11.0 Å². The molecule has 1 nitrogen and oxygen atoms in total. The molecule has 1 aliphatic heterocycles. The minimum absolute atomic E-state index is 0.373. The number of carbonyl (C=O) groups is 1. The fraction of sp³-hybridized carbons (Fsp3) is 0.625. The minimum atomic E-state index is 0.373. The van der Waals surface area contributed by atoms with Crippen LogP contribution in [0, 0.1) is 5.92 Å². The van der Waals surface area contributed by atoms with Crippen LogP contribution >= 0.6 is 11.8 Å². The van der Waals surface area contributed by atoms with E-state index in [1.165, 1.54) is 35.9 Å². The molecule has 1 aliphatic carbocycles. The number of allylic oxidation sites excluding steroid dienone is 2. The Hall–Kier alpha value is -0.240. The summed E-state index contributed by atoms with van der Waals surface area (Å²) >= 11 is 1.47. The second kappa shape index (κ2) is 2.42. The highest BCUT2D eigenvalue weighted by Gasteiger charge is 2.29. The van der Waals surface area contributed by atoms with Gasteiger partial charge in [-0.15, -0.1) is 0 Å². The summed E-state index contributed by atoms with van der Waals surface area (Å²) in [7, 11) is 0. The van der Waals surface area contributed by atoms with Crippen LogP contribution in [0.2, 0.25) is 0 Å². The van der Waals surface area contributed by atoms with Crippen LogP contribution in [0.3, 0.4) is 0 Å². The number of hydrogen-bond donors (Lipinski definition) is 0. The highest BCUT2D eigenvalue weighted by molar-refractivity contribution is 8.17. The Bertz CT molecular complexity index is 195. The predicted octanol–water partition coefficient (Wildman–Crippen LogP) is 2.33. The maximum Gasteiger partial charge on any atom is 0.194 e. The fourth-order valence-electron chi connectivity index (χ4n) is 1.62. The highest BCUT2D eigenvalue weighted by atomic mass is 32.2. The van der Waals surface area contributed by atoms with E-state index >= 15 is 0 Å². The Kier molecular flexibility index (Phi) is 1.57. The summed E-state index contributed by atoms with van der Waals surface area (Å²) < 4.78 is 0. The van der Waals surface area contributed by atoms with Gasteiger partial charge < -0.3 is 0 Å². The summed E-state index contributed by atoms with van der Waals surface area (Å²) in [5.74, 6) is 0.617. The van der Waals surface area contributed by atoms with Gasteiger partial charge in [-0.25, -0.2) is 0 Å². The average molecular weight is 154 g/mol. The van der Waals surface area contributed by atoms with Crippen LogP contribution < -0.4 is 0 Å². The minimum Gasteiger partial charge on any atom is -0.287 e. The van der Waals surface area contributed by atoms with Crippen molar-refractivity contribution in [3.8, 4) is 0 Å². The molecule has 2 aliphatic rings. The smallest absolute Gasteiger partial charge is 0.194 e. The van der Waals surface area contributed by atoms with Gasteiger partial charge in [-0.05, 0) is 30.1 Å². The van der Waals surface area contributed by atoms with Crippen LogP contribution in [0.25, 0.3) is 0 Å². The Morgan fingerprint density at radius 2 is 2.50 bits per heavy atom. The average Bonchev–Trinajstić information content (AvgIpc) is 2.27. The molecular formula is C8H10OS. The van der Waals surface area contributed by atoms with Gasteiger partial charge in [0, 0.05) is 6.42 Å². The van der Waals surface area contributed by atoms with E-state index in [1.54, 1.807) is 0 Å². The Labute approximate surface area is 64.9 Å². The van der Waals surface area contributed by atoms with Gasteiger partial charge in [-0.2, -0.15) is 0 Å². The van der Waals surface area contributed by atoms with Gasteiger partial charge in [0.2, 0.25) is 0 Å². The maximum atomic E-state index is 10.9. The van der Waals surface area contributed by atoms with E-state index in [9.17, 15) is 4.79 Å². The van der Waals surface area contributed by atoms with E-state index in [2.05, 4.69) is 6.08 Å². The number of hydrogen-bond acceptors (Lipinski definition) is 2. The van der Waals surface area contributed by atoms with Crippen LogP contribution in [-0.4, -0.2) is 5.12 Å². The van der Waals surface area contributed by atoms with Gasteiger partial charge in [0.1, 0.15) is 0 Å². The molecule has 0 aromatic rings. The van der Waals surface area contributed by atoms with E-state index in [-0.39, 0.29) is 0 Å².